The molecule has 0 aliphatic rings. The first-order valence-corrected chi connectivity index (χ1v) is 7.42. The van der Waals surface area contributed by atoms with E-state index in [4.69, 9.17) is 0 Å². The van der Waals surface area contributed by atoms with E-state index >= 15 is 0 Å². The topological polar surface area (TPSA) is 29.9 Å². The van der Waals surface area contributed by atoms with Crippen molar-refractivity contribution in [3.63, 3.8) is 0 Å². The fourth-order valence-corrected chi connectivity index (χ4v) is 2.16. The molecule has 0 spiro atoms. The van der Waals surface area contributed by atoms with Crippen molar-refractivity contribution in [3.05, 3.63) is 18.0 Å². The van der Waals surface area contributed by atoms with Gasteiger partial charge in [0.1, 0.15) is 0 Å². The molecule has 0 radical (unpaired) electrons. The van der Waals surface area contributed by atoms with E-state index in [9.17, 15) is 0 Å². The van der Waals surface area contributed by atoms with Gasteiger partial charge in [-0.2, -0.15) is 5.10 Å². The molecule has 0 atom stereocenters. The molecular formula is C15H29N3. The van der Waals surface area contributed by atoms with Crippen LogP contribution in [0.2, 0.25) is 0 Å². The van der Waals surface area contributed by atoms with Gasteiger partial charge in [-0.15, -0.1) is 0 Å². The van der Waals surface area contributed by atoms with E-state index < -0.39 is 0 Å². The molecule has 3 nitrogen and oxygen atoms in total. The summed E-state index contributed by atoms with van der Waals surface area (Å²) in [6.07, 6.45) is 6.71. The fourth-order valence-electron chi connectivity index (χ4n) is 2.16. The summed E-state index contributed by atoms with van der Waals surface area (Å²) in [5.41, 5.74) is 1.23. The van der Waals surface area contributed by atoms with Crippen molar-refractivity contribution in [1.82, 2.24) is 15.1 Å². The lowest BCUT2D eigenvalue weighted by molar-refractivity contribution is 0.425. The molecule has 0 aliphatic heterocycles. The Bertz CT molecular complexity index is 313. The van der Waals surface area contributed by atoms with Crippen molar-refractivity contribution < 1.29 is 0 Å². The molecule has 0 fully saturated rings. The molecule has 0 saturated carbocycles. The quantitative estimate of drug-likeness (QED) is 0.682. The molecule has 0 aliphatic carbocycles. The first kappa shape index (κ1) is 15.2. The highest BCUT2D eigenvalue weighted by atomic mass is 15.3. The standard InChI is InChI=1S/C15H29N3/c1-5-15(6-2)18-11-9-14(17-18)8-7-10-16-12-13(3)4/h9,11,13,15-16H,5-8,10,12H2,1-4H3. The molecule has 0 amide bonds. The van der Waals surface area contributed by atoms with E-state index in [0.717, 1.165) is 38.3 Å². The number of aryl methyl sites for hydroxylation is 1. The van der Waals surface area contributed by atoms with Crippen LogP contribution in [0.5, 0.6) is 0 Å². The number of aromatic nitrogens is 2. The van der Waals surface area contributed by atoms with Crippen molar-refractivity contribution in [2.45, 2.75) is 59.4 Å². The van der Waals surface area contributed by atoms with Gasteiger partial charge in [-0.3, -0.25) is 4.68 Å². The number of hydrogen-bond acceptors (Lipinski definition) is 2. The van der Waals surface area contributed by atoms with Gasteiger partial charge in [-0.25, -0.2) is 0 Å². The summed E-state index contributed by atoms with van der Waals surface area (Å²) in [5.74, 6) is 0.735. The normalized spacial score (nSPS) is 11.7. The number of hydrogen-bond donors (Lipinski definition) is 1. The highest BCUT2D eigenvalue weighted by Gasteiger charge is 2.07. The summed E-state index contributed by atoms with van der Waals surface area (Å²) >= 11 is 0. The van der Waals surface area contributed by atoms with Gasteiger partial charge in [0.25, 0.3) is 0 Å². The first-order valence-electron chi connectivity index (χ1n) is 7.42. The van der Waals surface area contributed by atoms with Gasteiger partial charge in [0.2, 0.25) is 0 Å². The third kappa shape index (κ3) is 5.21. The van der Waals surface area contributed by atoms with Crippen molar-refractivity contribution in [2.75, 3.05) is 13.1 Å². The van der Waals surface area contributed by atoms with Gasteiger partial charge in [0, 0.05) is 6.20 Å². The number of nitrogens with one attached hydrogen (secondary N) is 1. The largest absolute Gasteiger partial charge is 0.316 e. The zero-order valence-electron chi connectivity index (χ0n) is 12.4. The first-order chi connectivity index (χ1) is 8.67. The second-order valence-corrected chi connectivity index (χ2v) is 5.46. The zero-order valence-corrected chi connectivity index (χ0v) is 12.4. The van der Waals surface area contributed by atoms with E-state index in [-0.39, 0.29) is 0 Å². The monoisotopic (exact) mass is 251 g/mol. The summed E-state index contributed by atoms with van der Waals surface area (Å²) in [5, 5.41) is 8.15. The van der Waals surface area contributed by atoms with Gasteiger partial charge in [-0.05, 0) is 50.8 Å². The molecular weight excluding hydrogens is 222 g/mol. The summed E-state index contributed by atoms with van der Waals surface area (Å²) in [6, 6.07) is 2.73. The lowest BCUT2D eigenvalue weighted by Crippen LogP contribution is -2.21. The Labute approximate surface area is 112 Å². The third-order valence-electron chi connectivity index (χ3n) is 3.32. The van der Waals surface area contributed by atoms with Crippen molar-refractivity contribution in [2.24, 2.45) is 5.92 Å². The minimum Gasteiger partial charge on any atom is -0.316 e. The minimum absolute atomic E-state index is 0.567. The average molecular weight is 251 g/mol. The molecule has 1 aromatic heterocycles. The fraction of sp³-hybridized carbons (Fsp3) is 0.800. The van der Waals surface area contributed by atoms with Gasteiger partial charge >= 0.3 is 0 Å². The second-order valence-electron chi connectivity index (χ2n) is 5.46. The maximum Gasteiger partial charge on any atom is 0.0625 e. The zero-order chi connectivity index (χ0) is 13.4. The predicted octanol–water partition coefficient (Wildman–Crippen LogP) is 3.42. The predicted molar refractivity (Wildman–Crippen MR) is 77.9 cm³/mol. The lowest BCUT2D eigenvalue weighted by atomic mass is 10.2. The van der Waals surface area contributed by atoms with Crippen LogP contribution in [0.25, 0.3) is 0 Å². The molecule has 0 aromatic carbocycles. The van der Waals surface area contributed by atoms with E-state index in [1.165, 1.54) is 12.1 Å². The van der Waals surface area contributed by atoms with Crippen LogP contribution in [0.3, 0.4) is 0 Å². The maximum atomic E-state index is 4.67. The van der Waals surface area contributed by atoms with Gasteiger partial charge in [0.05, 0.1) is 11.7 Å². The van der Waals surface area contributed by atoms with Crippen LogP contribution in [-0.4, -0.2) is 22.9 Å². The van der Waals surface area contributed by atoms with Crippen LogP contribution >= 0.6 is 0 Å². The van der Waals surface area contributed by atoms with Crippen LogP contribution < -0.4 is 5.32 Å². The van der Waals surface area contributed by atoms with Crippen LogP contribution in [0.15, 0.2) is 12.3 Å². The van der Waals surface area contributed by atoms with E-state index in [1.807, 2.05) is 0 Å². The maximum absolute atomic E-state index is 4.67. The van der Waals surface area contributed by atoms with Crippen LogP contribution in [0, 0.1) is 5.92 Å². The molecule has 0 saturated heterocycles. The Morgan fingerprint density at radius 3 is 2.61 bits per heavy atom. The SMILES string of the molecule is CCC(CC)n1ccc(CCCNCC(C)C)n1. The minimum atomic E-state index is 0.567. The molecule has 0 bridgehead atoms. The van der Waals surface area contributed by atoms with Crippen molar-refractivity contribution in [3.8, 4) is 0 Å². The molecule has 18 heavy (non-hydrogen) atoms. The Hall–Kier alpha value is -0.830. The van der Waals surface area contributed by atoms with Gasteiger partial charge < -0.3 is 5.32 Å². The Morgan fingerprint density at radius 1 is 1.28 bits per heavy atom. The molecule has 0 unspecified atom stereocenters. The molecule has 104 valence electrons. The Balaban J connectivity index is 2.27. The third-order valence-corrected chi connectivity index (χ3v) is 3.32. The summed E-state index contributed by atoms with van der Waals surface area (Å²) in [7, 11) is 0. The summed E-state index contributed by atoms with van der Waals surface area (Å²) in [6.45, 7) is 11.1. The summed E-state index contributed by atoms with van der Waals surface area (Å²) in [4.78, 5) is 0. The van der Waals surface area contributed by atoms with Crippen LogP contribution in [-0.2, 0) is 6.42 Å². The van der Waals surface area contributed by atoms with Gasteiger partial charge in [-0.1, -0.05) is 27.7 Å². The number of rotatable bonds is 9. The molecule has 1 aromatic rings. The van der Waals surface area contributed by atoms with Crippen molar-refractivity contribution in [1.29, 1.82) is 0 Å². The Morgan fingerprint density at radius 2 is 2.00 bits per heavy atom. The van der Waals surface area contributed by atoms with Crippen LogP contribution in [0.4, 0.5) is 0 Å². The summed E-state index contributed by atoms with van der Waals surface area (Å²) < 4.78 is 2.14. The van der Waals surface area contributed by atoms with Crippen molar-refractivity contribution >= 4 is 0 Å². The smallest absolute Gasteiger partial charge is 0.0625 e. The van der Waals surface area contributed by atoms with Gasteiger partial charge in [0.15, 0.2) is 0 Å². The van der Waals surface area contributed by atoms with E-state index in [1.54, 1.807) is 0 Å². The molecule has 1 N–H and O–H groups in total. The molecule has 1 heterocycles. The number of nitrogens with zero attached hydrogens (tertiary/aromatic N) is 2. The van der Waals surface area contributed by atoms with E-state index in [0.29, 0.717) is 6.04 Å². The molecule has 3 heteroatoms. The molecule has 1 rings (SSSR count). The highest BCUT2D eigenvalue weighted by Crippen LogP contribution is 2.14. The van der Waals surface area contributed by atoms with E-state index in [2.05, 4.69) is 55.1 Å². The lowest BCUT2D eigenvalue weighted by Gasteiger charge is -2.12. The van der Waals surface area contributed by atoms with Crippen LogP contribution in [0.1, 0.15) is 58.7 Å². The Kier molecular flexibility index (Phi) is 7.02. The second kappa shape index (κ2) is 8.30. The highest BCUT2D eigenvalue weighted by molar-refractivity contribution is 5.00. The average Bonchev–Trinajstić information content (AvgIpc) is 2.79.